The second kappa shape index (κ2) is 5.78. The highest BCUT2D eigenvalue weighted by molar-refractivity contribution is 5.48. The number of halogens is 6. The van der Waals surface area contributed by atoms with Gasteiger partial charge in [-0.1, -0.05) is 48.1 Å². The first-order chi connectivity index (χ1) is 10.6. The van der Waals surface area contributed by atoms with Crippen molar-refractivity contribution < 1.29 is 26.3 Å². The average Bonchev–Trinajstić information content (AvgIpc) is 2.63. The van der Waals surface area contributed by atoms with Crippen molar-refractivity contribution in [3.05, 3.63) is 77.1 Å². The summed E-state index contributed by atoms with van der Waals surface area (Å²) in [6.45, 7) is 1.57. The molecule has 6 heteroatoms. The van der Waals surface area contributed by atoms with E-state index in [1.807, 2.05) is 0 Å². The minimum atomic E-state index is -5.58. The van der Waals surface area contributed by atoms with Crippen LogP contribution in [-0.4, -0.2) is 12.4 Å². The number of allylic oxidation sites excluding steroid dienone is 5. The lowest BCUT2D eigenvalue weighted by Gasteiger charge is -2.38. The van der Waals surface area contributed by atoms with Crippen molar-refractivity contribution in [3.63, 3.8) is 0 Å². The molecule has 0 fully saturated rings. The van der Waals surface area contributed by atoms with Crippen LogP contribution in [0.4, 0.5) is 26.3 Å². The van der Waals surface area contributed by atoms with Crippen LogP contribution < -0.4 is 0 Å². The predicted molar refractivity (Wildman–Crippen MR) is 74.7 cm³/mol. The monoisotopic (exact) mass is 330 g/mol. The summed E-state index contributed by atoms with van der Waals surface area (Å²) in [4.78, 5) is 0. The number of rotatable bonds is 2. The molecule has 0 spiro atoms. The van der Waals surface area contributed by atoms with E-state index in [9.17, 15) is 26.3 Å². The number of hydrogen-bond acceptors (Lipinski definition) is 0. The highest BCUT2D eigenvalue weighted by Crippen LogP contribution is 2.56. The molecule has 0 radical (unpaired) electrons. The third kappa shape index (κ3) is 2.86. The van der Waals surface area contributed by atoms with Gasteiger partial charge in [-0.25, -0.2) is 0 Å². The van der Waals surface area contributed by atoms with Gasteiger partial charge in [0, 0.05) is 5.57 Å². The summed E-state index contributed by atoms with van der Waals surface area (Å²) in [5.41, 5.74) is -3.33. The predicted octanol–water partition coefficient (Wildman–Crippen LogP) is 5.65. The van der Waals surface area contributed by atoms with E-state index in [2.05, 4.69) is 5.73 Å². The molecule has 0 saturated heterocycles. The van der Waals surface area contributed by atoms with Crippen LogP contribution in [0, 0.1) is 0 Å². The van der Waals surface area contributed by atoms with E-state index in [1.165, 1.54) is 18.2 Å². The molecule has 1 aromatic carbocycles. The molecule has 2 rings (SSSR count). The summed E-state index contributed by atoms with van der Waals surface area (Å²) in [6, 6.07) is 5.31. The first-order valence-electron chi connectivity index (χ1n) is 6.62. The smallest absolute Gasteiger partial charge is 0.169 e. The van der Waals surface area contributed by atoms with Gasteiger partial charge in [-0.15, -0.1) is 5.73 Å². The highest BCUT2D eigenvalue weighted by atomic mass is 19.4. The van der Waals surface area contributed by atoms with Gasteiger partial charge in [-0.2, -0.15) is 26.3 Å². The van der Waals surface area contributed by atoms with E-state index in [4.69, 9.17) is 0 Å². The summed E-state index contributed by atoms with van der Waals surface area (Å²) >= 11 is 0. The number of alkyl halides is 6. The van der Waals surface area contributed by atoms with Crippen molar-refractivity contribution in [1.29, 1.82) is 0 Å². The fourth-order valence-corrected chi connectivity index (χ4v) is 2.45. The van der Waals surface area contributed by atoms with Crippen molar-refractivity contribution in [2.45, 2.75) is 24.7 Å². The Hall–Kier alpha value is -2.20. The molecule has 0 aromatic heterocycles. The van der Waals surface area contributed by atoms with E-state index in [0.29, 0.717) is 5.57 Å². The van der Waals surface area contributed by atoms with Crippen LogP contribution in [0.1, 0.15) is 12.5 Å². The third-order valence-electron chi connectivity index (χ3n) is 3.56. The topological polar surface area (TPSA) is 0 Å². The maximum Gasteiger partial charge on any atom is 0.411 e. The number of hydrogen-bond donors (Lipinski definition) is 0. The van der Waals surface area contributed by atoms with Crippen LogP contribution in [0.3, 0.4) is 0 Å². The lowest BCUT2D eigenvalue weighted by atomic mass is 9.72. The molecule has 122 valence electrons. The van der Waals surface area contributed by atoms with Gasteiger partial charge in [-0.05, 0) is 24.6 Å². The van der Waals surface area contributed by atoms with Crippen molar-refractivity contribution in [3.8, 4) is 0 Å². The molecule has 0 atom stereocenters. The van der Waals surface area contributed by atoms with Crippen LogP contribution in [-0.2, 0) is 5.41 Å². The minimum Gasteiger partial charge on any atom is -0.169 e. The Morgan fingerprint density at radius 1 is 0.826 bits per heavy atom. The molecule has 0 heterocycles. The second-order valence-electron chi connectivity index (χ2n) is 5.08. The normalized spacial score (nSPS) is 16.0. The lowest BCUT2D eigenvalue weighted by molar-refractivity contribution is -0.288. The Morgan fingerprint density at radius 3 is 1.91 bits per heavy atom. The quantitative estimate of drug-likeness (QED) is 0.486. The van der Waals surface area contributed by atoms with E-state index in [0.717, 1.165) is 36.4 Å². The van der Waals surface area contributed by atoms with Gasteiger partial charge >= 0.3 is 12.4 Å². The standard InChI is InChI=1S/C17H12F6/c1-12-6-5-9-14(11-10-12)15(16(18,19)20,17(21,22)23)13-7-3-2-4-8-13/h2-8,10-11H,1H3. The lowest BCUT2D eigenvalue weighted by Crippen LogP contribution is -2.54. The molecule has 0 nitrogen and oxygen atoms in total. The summed E-state index contributed by atoms with van der Waals surface area (Å²) in [5, 5.41) is 0. The minimum absolute atomic E-state index is 0.527. The maximum atomic E-state index is 13.7. The van der Waals surface area contributed by atoms with Gasteiger partial charge in [0.15, 0.2) is 0 Å². The summed E-state index contributed by atoms with van der Waals surface area (Å²) in [7, 11) is 0. The van der Waals surface area contributed by atoms with Crippen molar-refractivity contribution in [1.82, 2.24) is 0 Å². The van der Waals surface area contributed by atoms with Crippen LogP contribution >= 0.6 is 0 Å². The van der Waals surface area contributed by atoms with Crippen LogP contribution in [0.2, 0.25) is 0 Å². The molecule has 0 bridgehead atoms. The fraction of sp³-hybridized carbons (Fsp3) is 0.235. The van der Waals surface area contributed by atoms with Gasteiger partial charge in [0.25, 0.3) is 0 Å². The van der Waals surface area contributed by atoms with Gasteiger partial charge in [0.2, 0.25) is 5.41 Å². The van der Waals surface area contributed by atoms with Crippen LogP contribution in [0.25, 0.3) is 0 Å². The zero-order chi connectivity index (χ0) is 17.3. The van der Waals surface area contributed by atoms with Crippen LogP contribution in [0.5, 0.6) is 0 Å². The second-order valence-corrected chi connectivity index (χ2v) is 5.08. The molecule has 0 saturated carbocycles. The first kappa shape index (κ1) is 17.2. The Labute approximate surface area is 129 Å². The van der Waals surface area contributed by atoms with Gasteiger partial charge in [-0.3, -0.25) is 0 Å². The van der Waals surface area contributed by atoms with Crippen molar-refractivity contribution in [2.24, 2.45) is 0 Å². The summed E-state index contributed by atoms with van der Waals surface area (Å²) in [6.07, 6.45) is -6.66. The molecule has 1 aliphatic carbocycles. The van der Waals surface area contributed by atoms with Crippen LogP contribution in [0.15, 0.2) is 71.5 Å². The highest BCUT2D eigenvalue weighted by Gasteiger charge is 2.73. The molecule has 0 N–H and O–H groups in total. The molecule has 0 amide bonds. The Morgan fingerprint density at radius 2 is 1.39 bits per heavy atom. The molecular formula is C17H12F6. The molecule has 1 aromatic rings. The number of benzene rings is 1. The summed E-state index contributed by atoms with van der Waals surface area (Å²) < 4.78 is 82.4. The third-order valence-corrected chi connectivity index (χ3v) is 3.56. The van der Waals surface area contributed by atoms with Gasteiger partial charge < -0.3 is 0 Å². The van der Waals surface area contributed by atoms with Gasteiger partial charge in [0.1, 0.15) is 0 Å². The molecule has 1 aliphatic rings. The zero-order valence-electron chi connectivity index (χ0n) is 12.0. The summed E-state index contributed by atoms with van der Waals surface area (Å²) in [5.74, 6) is 0. The fourth-order valence-electron chi connectivity index (χ4n) is 2.45. The SMILES string of the molecule is CC1=CC=C=C(C(c2ccccc2)(C(F)(F)F)C(F)(F)F)C=C1. The van der Waals surface area contributed by atoms with E-state index in [-0.39, 0.29) is 0 Å². The largest absolute Gasteiger partial charge is 0.411 e. The molecule has 0 unspecified atom stereocenters. The Kier molecular flexibility index (Phi) is 4.31. The van der Waals surface area contributed by atoms with E-state index in [1.54, 1.807) is 6.92 Å². The zero-order valence-corrected chi connectivity index (χ0v) is 12.0. The maximum absolute atomic E-state index is 13.7. The molecular weight excluding hydrogens is 318 g/mol. The first-order valence-corrected chi connectivity index (χ1v) is 6.62. The van der Waals surface area contributed by atoms with E-state index < -0.39 is 28.9 Å². The Bertz CT molecular complexity index is 681. The molecule has 23 heavy (non-hydrogen) atoms. The Balaban J connectivity index is 2.86. The van der Waals surface area contributed by atoms with Crippen molar-refractivity contribution >= 4 is 0 Å². The van der Waals surface area contributed by atoms with E-state index >= 15 is 0 Å². The average molecular weight is 330 g/mol. The van der Waals surface area contributed by atoms with Gasteiger partial charge in [0.05, 0.1) is 0 Å². The van der Waals surface area contributed by atoms with Crippen molar-refractivity contribution in [2.75, 3.05) is 0 Å². The molecule has 0 aliphatic heterocycles.